The molecule has 40 heavy (non-hydrogen) atoms. The van der Waals surface area contributed by atoms with Crippen molar-refractivity contribution in [3.8, 4) is 5.75 Å². The molecular weight excluding hydrogens is 508 g/mol. The molecule has 11 heteroatoms. The van der Waals surface area contributed by atoms with E-state index in [1.807, 2.05) is 17.9 Å². The number of methoxy groups -OCH3 is 1. The number of hydrogen-bond donors (Lipinski definition) is 3. The largest absolute Gasteiger partial charge is 0.495 e. The van der Waals surface area contributed by atoms with Crippen molar-refractivity contribution in [3.63, 3.8) is 0 Å². The Morgan fingerprint density at radius 3 is 2.50 bits per heavy atom. The molecule has 0 aliphatic carbocycles. The Morgan fingerprint density at radius 1 is 1.12 bits per heavy atom. The molecule has 3 saturated heterocycles. The number of nitrogens with one attached hydrogen (secondary N) is 2. The van der Waals surface area contributed by atoms with E-state index >= 15 is 0 Å². The highest BCUT2D eigenvalue weighted by molar-refractivity contribution is 5.96. The Kier molecular flexibility index (Phi) is 6.46. The molecule has 1 aromatic heterocycles. The average molecular weight is 561 g/mol. The number of carbonyl (C=O) groups excluding carboxylic acids is 1. The predicted octanol–water partition coefficient (Wildman–Crippen LogP) is 2.70. The molecule has 0 atom stereocenters. The number of aromatic nitrogens is 2. The molecule has 1 amide bonds. The second-order valence-electron chi connectivity index (χ2n) is 10.1. The summed E-state index contributed by atoms with van der Waals surface area (Å²) in [4.78, 5) is 24.9. The molecule has 4 N–H and O–H groups in total. The van der Waals surface area contributed by atoms with E-state index in [1.165, 1.54) is 7.11 Å². The van der Waals surface area contributed by atoms with Gasteiger partial charge in [-0.05, 0) is 51.3 Å². The lowest BCUT2D eigenvalue weighted by molar-refractivity contribution is 0.0903. The summed E-state index contributed by atoms with van der Waals surface area (Å²) < 4.78 is 79.1. The van der Waals surface area contributed by atoms with E-state index in [9.17, 15) is 4.79 Å². The molecule has 1 aromatic carbocycles. The van der Waals surface area contributed by atoms with Crippen molar-refractivity contribution in [2.75, 3.05) is 82.0 Å². The number of nitrogens with zero attached hydrogens (tertiary/aromatic N) is 5. The predicted molar refractivity (Wildman–Crippen MR) is 158 cm³/mol. The normalized spacial score (nSPS) is 27.9. The van der Waals surface area contributed by atoms with Crippen molar-refractivity contribution in [1.29, 1.82) is 0 Å². The zero-order valence-corrected chi connectivity index (χ0v) is 23.3. The third-order valence-electron chi connectivity index (χ3n) is 7.39. The van der Waals surface area contributed by atoms with Gasteiger partial charge in [-0.3, -0.25) is 9.69 Å². The second-order valence-corrected chi connectivity index (χ2v) is 10.1. The third kappa shape index (κ3) is 6.59. The van der Waals surface area contributed by atoms with Crippen molar-refractivity contribution >= 4 is 28.9 Å². The van der Waals surface area contributed by atoms with E-state index in [2.05, 4.69) is 15.6 Å². The number of piperazine rings is 1. The van der Waals surface area contributed by atoms with Crippen LogP contribution in [-0.2, 0) is 11.2 Å². The zero-order chi connectivity index (χ0) is 35.2. The number of amides is 1. The van der Waals surface area contributed by atoms with Gasteiger partial charge in [-0.15, -0.1) is 0 Å². The van der Waals surface area contributed by atoms with Crippen LogP contribution in [0.15, 0.2) is 18.2 Å². The van der Waals surface area contributed by atoms with Crippen LogP contribution < -0.4 is 26.0 Å². The van der Waals surface area contributed by atoms with E-state index in [-0.39, 0.29) is 30.4 Å². The molecule has 4 heterocycles. The number of rotatable bonds is 9. The van der Waals surface area contributed by atoms with Gasteiger partial charge in [0.15, 0.2) is 17.3 Å². The van der Waals surface area contributed by atoms with Crippen molar-refractivity contribution in [3.05, 3.63) is 29.6 Å². The number of likely N-dealkylation sites (N-methyl/N-ethyl adjacent to an activating group) is 1. The molecule has 218 valence electrons. The Hall–Kier alpha value is -3.15. The molecule has 3 fully saturated rings. The quantitative estimate of drug-likeness (QED) is 0.422. The SMILES string of the molecule is [2H]C1([2H])N(C)C([2H])([2H])C([2H])([2H])N(C2CCN(c3ccc(Nc4nc(NC5CCOCC5)c(CC)nc4C(N)=O)cc3OC)CC2)C1([2H])[2H]. The summed E-state index contributed by atoms with van der Waals surface area (Å²) >= 11 is 0. The van der Waals surface area contributed by atoms with Crippen LogP contribution in [0.1, 0.15) is 59.8 Å². The fourth-order valence-corrected chi connectivity index (χ4v) is 5.14. The smallest absolute Gasteiger partial charge is 0.271 e. The second kappa shape index (κ2) is 13.0. The standard InChI is InChI=1S/C29H44N8O3/c1-4-23-28(31-20-9-17-40-18-10-20)34-29(26(33-23)27(30)38)32-21-5-6-24(25(19-21)39-3)37-11-7-22(8-12-37)36-15-13-35(2)14-16-36/h5-6,19-20,22H,4,7-18H2,1-3H3,(H2,30,38)(H2,31,32,34)/i13D2,14D2,15D2,16D2. The Bertz CT molecular complexity index is 1480. The molecule has 5 rings (SSSR count). The zero-order valence-electron chi connectivity index (χ0n) is 31.3. The van der Waals surface area contributed by atoms with Gasteiger partial charge in [0, 0.05) is 87.1 Å². The van der Waals surface area contributed by atoms with Gasteiger partial charge in [0.25, 0.3) is 5.91 Å². The maximum absolute atomic E-state index is 12.4. The first kappa shape index (κ1) is 19.8. The number of benzene rings is 1. The number of primary amides is 1. The monoisotopic (exact) mass is 560 g/mol. The van der Waals surface area contributed by atoms with Gasteiger partial charge in [-0.25, -0.2) is 9.97 Å². The number of nitrogens with two attached hydrogens (primary N) is 1. The van der Waals surface area contributed by atoms with Crippen LogP contribution in [0.5, 0.6) is 5.75 Å². The minimum absolute atomic E-state index is 0.00637. The molecule has 11 nitrogen and oxygen atoms in total. The van der Waals surface area contributed by atoms with Crippen molar-refractivity contribution in [1.82, 2.24) is 19.8 Å². The number of carbonyl (C=O) groups is 1. The molecule has 0 spiro atoms. The topological polar surface area (TPSA) is 121 Å². The van der Waals surface area contributed by atoms with Crippen LogP contribution in [0.3, 0.4) is 0 Å². The molecule has 0 saturated carbocycles. The highest BCUT2D eigenvalue weighted by Crippen LogP contribution is 2.35. The van der Waals surface area contributed by atoms with Gasteiger partial charge in [-0.2, -0.15) is 0 Å². The molecule has 3 aliphatic rings. The van der Waals surface area contributed by atoms with E-state index in [0.717, 1.165) is 30.5 Å². The summed E-state index contributed by atoms with van der Waals surface area (Å²) in [6.45, 7) is -7.26. The lowest BCUT2D eigenvalue weighted by Crippen LogP contribution is -2.52. The molecule has 0 radical (unpaired) electrons. The lowest BCUT2D eigenvalue weighted by atomic mass is 10.0. The number of anilines is 4. The fraction of sp³-hybridized carbons (Fsp3) is 0.621. The molecule has 0 bridgehead atoms. The van der Waals surface area contributed by atoms with Gasteiger partial charge in [0.05, 0.1) is 18.5 Å². The van der Waals surface area contributed by atoms with Crippen molar-refractivity contribution in [2.24, 2.45) is 5.73 Å². The molecular formula is C29H44N8O3. The third-order valence-corrected chi connectivity index (χ3v) is 7.39. The number of hydrogen-bond acceptors (Lipinski definition) is 10. The van der Waals surface area contributed by atoms with E-state index < -0.39 is 37.9 Å². The van der Waals surface area contributed by atoms with Gasteiger partial charge in [0.2, 0.25) is 0 Å². The molecule has 0 unspecified atom stereocenters. The average Bonchev–Trinajstić information content (AvgIpc) is 3.04. The van der Waals surface area contributed by atoms with E-state index in [4.69, 9.17) is 31.2 Å². The van der Waals surface area contributed by atoms with Crippen LogP contribution in [-0.4, -0.2) is 104 Å². The first-order valence-corrected chi connectivity index (χ1v) is 13.8. The van der Waals surface area contributed by atoms with Crippen LogP contribution >= 0.6 is 0 Å². The van der Waals surface area contributed by atoms with Gasteiger partial charge in [0.1, 0.15) is 5.75 Å². The summed E-state index contributed by atoms with van der Waals surface area (Å²) in [6, 6.07) is 4.75. The van der Waals surface area contributed by atoms with E-state index in [0.29, 0.717) is 60.6 Å². The van der Waals surface area contributed by atoms with Crippen LogP contribution in [0, 0.1) is 0 Å². The Labute approximate surface area is 248 Å². The van der Waals surface area contributed by atoms with Crippen LogP contribution in [0.25, 0.3) is 0 Å². The minimum atomic E-state index is -2.81. The Morgan fingerprint density at radius 2 is 1.85 bits per heavy atom. The summed E-state index contributed by atoms with van der Waals surface area (Å²) in [6.07, 6.45) is 2.69. The highest BCUT2D eigenvalue weighted by Gasteiger charge is 2.28. The lowest BCUT2D eigenvalue weighted by Gasteiger charge is -2.42. The van der Waals surface area contributed by atoms with E-state index in [1.54, 1.807) is 12.1 Å². The minimum Gasteiger partial charge on any atom is -0.495 e. The Balaban J connectivity index is 1.36. The fourth-order valence-electron chi connectivity index (χ4n) is 5.14. The molecule has 3 aliphatic heterocycles. The summed E-state index contributed by atoms with van der Waals surface area (Å²) in [5.74, 6) is 0.536. The highest BCUT2D eigenvalue weighted by atomic mass is 16.5. The first-order valence-electron chi connectivity index (χ1n) is 17.8. The first-order chi connectivity index (χ1) is 22.5. The van der Waals surface area contributed by atoms with Gasteiger partial charge in [-0.1, -0.05) is 6.92 Å². The summed E-state index contributed by atoms with van der Waals surface area (Å²) in [5.41, 5.74) is 7.61. The summed E-state index contributed by atoms with van der Waals surface area (Å²) in [5, 5.41) is 6.62. The maximum atomic E-state index is 12.4. The summed E-state index contributed by atoms with van der Waals surface area (Å²) in [7, 11) is 2.58. The van der Waals surface area contributed by atoms with Crippen molar-refractivity contribution in [2.45, 2.75) is 51.1 Å². The maximum Gasteiger partial charge on any atom is 0.271 e. The van der Waals surface area contributed by atoms with Gasteiger partial charge < -0.3 is 35.6 Å². The number of piperidine rings is 1. The molecule has 2 aromatic rings. The van der Waals surface area contributed by atoms with Crippen LogP contribution in [0.4, 0.5) is 23.0 Å². The van der Waals surface area contributed by atoms with Gasteiger partial charge >= 0.3 is 0 Å². The number of ether oxygens (including phenoxy) is 2. The van der Waals surface area contributed by atoms with Crippen LogP contribution in [0.2, 0.25) is 0 Å². The number of aryl methyl sites for hydroxylation is 1. The van der Waals surface area contributed by atoms with Crippen molar-refractivity contribution < 1.29 is 25.2 Å².